The zero-order valence-electron chi connectivity index (χ0n) is 14.4. The molecule has 3 aromatic rings. The summed E-state index contributed by atoms with van der Waals surface area (Å²) in [6.07, 6.45) is 0. The molecule has 0 saturated heterocycles. The minimum absolute atomic E-state index is 0.220. The van der Waals surface area contributed by atoms with E-state index in [2.05, 4.69) is 10.3 Å². The van der Waals surface area contributed by atoms with Gasteiger partial charge in [0.2, 0.25) is 0 Å². The number of carbonyl (C=O) groups is 1. The Morgan fingerprint density at radius 3 is 2.96 bits per heavy atom. The van der Waals surface area contributed by atoms with E-state index in [1.165, 1.54) is 0 Å². The molecule has 0 bridgehead atoms. The van der Waals surface area contributed by atoms with Gasteiger partial charge in [0.15, 0.2) is 5.76 Å². The number of aliphatic imine (C=N–C) groups is 1. The molecular formula is C20H17ClN2O2S2. The van der Waals surface area contributed by atoms with Gasteiger partial charge in [-0.25, -0.2) is 0 Å². The number of nitrogens with zero attached hydrogens (tertiary/aromatic N) is 1. The van der Waals surface area contributed by atoms with E-state index in [0.717, 1.165) is 38.8 Å². The number of halogens is 1. The van der Waals surface area contributed by atoms with Crippen molar-refractivity contribution in [1.82, 2.24) is 5.32 Å². The summed E-state index contributed by atoms with van der Waals surface area (Å²) in [5.74, 6) is 1.83. The summed E-state index contributed by atoms with van der Waals surface area (Å²) >= 11 is 9.43. The van der Waals surface area contributed by atoms with Crippen LogP contribution in [0.1, 0.15) is 21.7 Å². The van der Waals surface area contributed by atoms with Gasteiger partial charge < -0.3 is 9.73 Å². The molecular weight excluding hydrogens is 400 g/mol. The first-order valence-electron chi connectivity index (χ1n) is 8.54. The van der Waals surface area contributed by atoms with Gasteiger partial charge in [-0.1, -0.05) is 65.5 Å². The SMILES string of the molecule is O=C(NCc1cccc(Cl)c1)c1oc2ccccc2c1CSC1=NCCS1. The Balaban J connectivity index is 1.55. The molecule has 138 valence electrons. The molecule has 0 aliphatic carbocycles. The van der Waals surface area contributed by atoms with Crippen LogP contribution in [0.4, 0.5) is 0 Å². The Bertz CT molecular complexity index is 1020. The quantitative estimate of drug-likeness (QED) is 0.608. The average Bonchev–Trinajstić information content (AvgIpc) is 3.32. The standard InChI is InChI=1S/C20H17ClN2O2S2/c21-14-5-3-4-13(10-14)11-23-19(24)18-16(12-27-20-22-8-9-26-20)15-6-1-2-7-17(15)25-18/h1-7,10H,8-9,11-12H2,(H,23,24). The zero-order chi connectivity index (χ0) is 18.6. The van der Waals surface area contributed by atoms with Gasteiger partial charge in [-0.05, 0) is 23.8 Å². The third kappa shape index (κ3) is 4.34. The minimum Gasteiger partial charge on any atom is -0.451 e. The topological polar surface area (TPSA) is 54.6 Å². The third-order valence-corrected chi connectivity index (χ3v) is 6.66. The van der Waals surface area contributed by atoms with Crippen molar-refractivity contribution in [2.24, 2.45) is 4.99 Å². The molecule has 27 heavy (non-hydrogen) atoms. The molecule has 0 unspecified atom stereocenters. The number of thioether (sulfide) groups is 2. The highest BCUT2D eigenvalue weighted by atomic mass is 35.5. The van der Waals surface area contributed by atoms with E-state index in [0.29, 0.717) is 23.1 Å². The number of rotatable bonds is 5. The van der Waals surface area contributed by atoms with E-state index in [1.54, 1.807) is 23.5 Å². The maximum atomic E-state index is 12.8. The number of fused-ring (bicyclic) bond motifs is 1. The summed E-state index contributed by atoms with van der Waals surface area (Å²) < 4.78 is 6.96. The second-order valence-corrected chi connectivity index (χ2v) is 8.75. The average molecular weight is 417 g/mol. The number of para-hydroxylation sites is 1. The highest BCUT2D eigenvalue weighted by Gasteiger charge is 2.21. The lowest BCUT2D eigenvalue weighted by molar-refractivity contribution is 0.0924. The molecule has 0 saturated carbocycles. The van der Waals surface area contributed by atoms with E-state index in [-0.39, 0.29) is 5.91 Å². The third-order valence-electron chi connectivity index (χ3n) is 4.14. The second kappa shape index (κ2) is 8.42. The van der Waals surface area contributed by atoms with E-state index in [4.69, 9.17) is 16.0 Å². The summed E-state index contributed by atoms with van der Waals surface area (Å²) in [4.78, 5) is 17.3. The van der Waals surface area contributed by atoms with Crippen LogP contribution in [0.3, 0.4) is 0 Å². The molecule has 1 amide bonds. The number of amides is 1. The highest BCUT2D eigenvalue weighted by molar-refractivity contribution is 8.38. The molecule has 2 heterocycles. The molecule has 2 aromatic carbocycles. The van der Waals surface area contributed by atoms with Crippen LogP contribution in [-0.4, -0.2) is 22.6 Å². The minimum atomic E-state index is -0.220. The van der Waals surface area contributed by atoms with Crippen molar-refractivity contribution in [3.63, 3.8) is 0 Å². The number of furan rings is 1. The number of hydrogen-bond acceptors (Lipinski definition) is 5. The van der Waals surface area contributed by atoms with Crippen LogP contribution in [0.5, 0.6) is 0 Å². The Morgan fingerprint density at radius 1 is 1.26 bits per heavy atom. The molecule has 4 rings (SSSR count). The summed E-state index contributed by atoms with van der Waals surface area (Å²) in [6, 6.07) is 15.2. The predicted molar refractivity (Wildman–Crippen MR) is 115 cm³/mol. The Hall–Kier alpha value is -1.89. The van der Waals surface area contributed by atoms with Crippen LogP contribution in [0.25, 0.3) is 11.0 Å². The van der Waals surface area contributed by atoms with Gasteiger partial charge in [0.1, 0.15) is 9.96 Å². The smallest absolute Gasteiger partial charge is 0.287 e. The first-order chi connectivity index (χ1) is 13.2. The molecule has 1 aromatic heterocycles. The number of carbonyl (C=O) groups excluding carboxylic acids is 1. The zero-order valence-corrected chi connectivity index (χ0v) is 16.8. The maximum Gasteiger partial charge on any atom is 0.287 e. The molecule has 1 aliphatic heterocycles. The van der Waals surface area contributed by atoms with E-state index >= 15 is 0 Å². The molecule has 1 aliphatic rings. The van der Waals surface area contributed by atoms with Crippen molar-refractivity contribution < 1.29 is 9.21 Å². The normalized spacial score (nSPS) is 13.7. The molecule has 7 heteroatoms. The van der Waals surface area contributed by atoms with Gasteiger partial charge in [-0.15, -0.1) is 0 Å². The molecule has 0 atom stereocenters. The Labute approximate surface area is 170 Å². The van der Waals surface area contributed by atoms with Gasteiger partial charge in [0, 0.05) is 34.0 Å². The molecule has 4 nitrogen and oxygen atoms in total. The van der Waals surface area contributed by atoms with E-state index in [1.807, 2.05) is 48.5 Å². The van der Waals surface area contributed by atoms with E-state index in [9.17, 15) is 4.79 Å². The van der Waals surface area contributed by atoms with Gasteiger partial charge >= 0.3 is 0 Å². The van der Waals surface area contributed by atoms with E-state index < -0.39 is 0 Å². The van der Waals surface area contributed by atoms with Crippen LogP contribution >= 0.6 is 35.1 Å². The lowest BCUT2D eigenvalue weighted by Gasteiger charge is -2.06. The number of nitrogens with one attached hydrogen (secondary N) is 1. The highest BCUT2D eigenvalue weighted by Crippen LogP contribution is 2.32. The summed E-state index contributed by atoms with van der Waals surface area (Å²) in [7, 11) is 0. The van der Waals surface area contributed by atoms with Gasteiger partial charge in [-0.3, -0.25) is 9.79 Å². The van der Waals surface area contributed by atoms with Crippen molar-refractivity contribution >= 4 is 56.4 Å². The summed E-state index contributed by atoms with van der Waals surface area (Å²) in [5.41, 5.74) is 2.58. The van der Waals surface area contributed by atoms with Crippen LogP contribution in [-0.2, 0) is 12.3 Å². The molecule has 1 N–H and O–H groups in total. The maximum absolute atomic E-state index is 12.8. The Morgan fingerprint density at radius 2 is 2.15 bits per heavy atom. The lowest BCUT2D eigenvalue weighted by atomic mass is 10.1. The lowest BCUT2D eigenvalue weighted by Crippen LogP contribution is -2.23. The largest absolute Gasteiger partial charge is 0.451 e. The molecule has 0 radical (unpaired) electrons. The van der Waals surface area contributed by atoms with Crippen molar-refractivity contribution in [1.29, 1.82) is 0 Å². The molecule has 0 fully saturated rings. The van der Waals surface area contributed by atoms with Crippen LogP contribution < -0.4 is 5.32 Å². The summed E-state index contributed by atoms with van der Waals surface area (Å²) in [6.45, 7) is 1.26. The fourth-order valence-electron chi connectivity index (χ4n) is 2.87. The number of hydrogen-bond donors (Lipinski definition) is 1. The fraction of sp³-hybridized carbons (Fsp3) is 0.200. The van der Waals surface area contributed by atoms with Crippen molar-refractivity contribution in [3.8, 4) is 0 Å². The Kier molecular flexibility index (Phi) is 5.76. The van der Waals surface area contributed by atoms with Gasteiger partial charge in [0.05, 0.1) is 6.54 Å². The van der Waals surface area contributed by atoms with Gasteiger partial charge in [0.25, 0.3) is 5.91 Å². The van der Waals surface area contributed by atoms with Crippen molar-refractivity contribution in [2.45, 2.75) is 12.3 Å². The first-order valence-corrected chi connectivity index (χ1v) is 10.9. The number of benzene rings is 2. The van der Waals surface area contributed by atoms with Crippen LogP contribution in [0.2, 0.25) is 5.02 Å². The first kappa shape index (κ1) is 18.5. The van der Waals surface area contributed by atoms with Crippen molar-refractivity contribution in [2.75, 3.05) is 12.3 Å². The predicted octanol–water partition coefficient (Wildman–Crippen LogP) is 5.35. The second-order valence-electron chi connectivity index (χ2n) is 6.00. The van der Waals surface area contributed by atoms with Crippen LogP contribution in [0.15, 0.2) is 57.9 Å². The summed E-state index contributed by atoms with van der Waals surface area (Å²) in [5, 5.41) is 4.56. The monoisotopic (exact) mass is 416 g/mol. The van der Waals surface area contributed by atoms with Gasteiger partial charge in [-0.2, -0.15) is 0 Å². The fourth-order valence-corrected chi connectivity index (χ4v) is 5.12. The molecule has 0 spiro atoms. The van der Waals surface area contributed by atoms with Crippen molar-refractivity contribution in [3.05, 3.63) is 70.4 Å². The van der Waals surface area contributed by atoms with Crippen LogP contribution in [0, 0.1) is 0 Å².